The highest BCUT2D eigenvalue weighted by atomic mass is 32.1. The number of hydrogen-bond acceptors (Lipinski definition) is 6. The first-order valence-corrected chi connectivity index (χ1v) is 11.5. The van der Waals surface area contributed by atoms with Crippen molar-refractivity contribution in [2.75, 3.05) is 25.0 Å². The molecule has 0 aliphatic carbocycles. The highest BCUT2D eigenvalue weighted by Gasteiger charge is 2.24. The van der Waals surface area contributed by atoms with E-state index in [0.717, 1.165) is 38.4 Å². The number of nitrogens with two attached hydrogens (primary N) is 1. The van der Waals surface area contributed by atoms with Gasteiger partial charge in [-0.15, -0.1) is 11.3 Å². The molecule has 32 heavy (non-hydrogen) atoms. The molecule has 4 rings (SSSR count). The van der Waals surface area contributed by atoms with E-state index in [4.69, 9.17) is 10.5 Å². The van der Waals surface area contributed by atoms with Crippen LogP contribution in [0.2, 0.25) is 0 Å². The van der Waals surface area contributed by atoms with Crippen molar-refractivity contribution in [2.24, 2.45) is 5.73 Å². The highest BCUT2D eigenvalue weighted by molar-refractivity contribution is 7.19. The lowest BCUT2D eigenvalue weighted by atomic mass is 9.96. The Labute approximate surface area is 191 Å². The summed E-state index contributed by atoms with van der Waals surface area (Å²) in [6.07, 6.45) is 8.25. The van der Waals surface area contributed by atoms with Gasteiger partial charge in [-0.1, -0.05) is 24.3 Å². The summed E-state index contributed by atoms with van der Waals surface area (Å²) in [6, 6.07) is 6.24. The molecule has 0 bridgehead atoms. The summed E-state index contributed by atoms with van der Waals surface area (Å²) in [5.74, 6) is -0.203. The normalized spacial score (nSPS) is 18.7. The van der Waals surface area contributed by atoms with Crippen molar-refractivity contribution < 1.29 is 19.0 Å². The third kappa shape index (κ3) is 4.87. The molecule has 8 heteroatoms. The number of thiophene rings is 1. The smallest absolute Gasteiger partial charge is 0.251 e. The van der Waals surface area contributed by atoms with Crippen LogP contribution in [0.3, 0.4) is 0 Å². The number of benzene rings is 1. The molecule has 6 nitrogen and oxygen atoms in total. The van der Waals surface area contributed by atoms with Crippen LogP contribution in [-0.4, -0.2) is 41.7 Å². The van der Waals surface area contributed by atoms with Crippen LogP contribution >= 0.6 is 11.3 Å². The van der Waals surface area contributed by atoms with Crippen LogP contribution in [0.1, 0.15) is 42.6 Å². The van der Waals surface area contributed by atoms with Crippen LogP contribution < -0.4 is 11.1 Å². The number of halogens is 1. The van der Waals surface area contributed by atoms with E-state index < -0.39 is 17.3 Å². The van der Waals surface area contributed by atoms with Crippen molar-refractivity contribution >= 4 is 22.2 Å². The van der Waals surface area contributed by atoms with Crippen LogP contribution in [0.15, 0.2) is 48.3 Å². The Morgan fingerprint density at radius 3 is 2.88 bits per heavy atom. The Morgan fingerprint density at radius 2 is 2.22 bits per heavy atom. The molecule has 1 fully saturated rings. The van der Waals surface area contributed by atoms with Crippen molar-refractivity contribution in [3.8, 4) is 10.4 Å². The minimum Gasteiger partial charge on any atom is -0.386 e. The fraction of sp³-hybridized carbons (Fsp3) is 0.375. The van der Waals surface area contributed by atoms with Crippen molar-refractivity contribution in [3.05, 3.63) is 65.3 Å². The third-order valence-corrected chi connectivity index (χ3v) is 6.77. The summed E-state index contributed by atoms with van der Waals surface area (Å²) in [6.45, 7) is 5.48. The fourth-order valence-corrected chi connectivity index (χ4v) is 4.99. The predicted octanol–water partition coefficient (Wildman–Crippen LogP) is 4.18. The number of carbonyl (C=O) groups excluding carboxylic acids is 1. The van der Waals surface area contributed by atoms with Gasteiger partial charge in [0.1, 0.15) is 16.6 Å². The second-order valence-corrected chi connectivity index (χ2v) is 9.67. The van der Waals surface area contributed by atoms with Crippen molar-refractivity contribution in [1.29, 1.82) is 0 Å². The summed E-state index contributed by atoms with van der Waals surface area (Å²) < 4.78 is 20.6. The molecule has 1 amide bonds. The van der Waals surface area contributed by atoms with E-state index in [1.807, 2.05) is 12.2 Å². The Balaban J connectivity index is 1.61. The number of amides is 1. The van der Waals surface area contributed by atoms with Crippen LogP contribution in [0.25, 0.3) is 10.4 Å². The lowest BCUT2D eigenvalue weighted by molar-refractivity contribution is 0.0782. The van der Waals surface area contributed by atoms with E-state index in [-0.39, 0.29) is 6.10 Å². The first-order chi connectivity index (χ1) is 15.2. The topological polar surface area (TPSA) is 87.8 Å². The number of anilines is 1. The predicted molar refractivity (Wildman–Crippen MR) is 125 cm³/mol. The third-order valence-electron chi connectivity index (χ3n) is 5.68. The molecule has 4 N–H and O–H groups in total. The SMILES string of the molecule is CC(C)(O)c1ccc(-c2cc(C(N)=O)c(NC3=CC=CCN3CC3CCCO3)s2)c(F)c1. The maximum atomic E-state index is 14.9. The second-order valence-electron chi connectivity index (χ2n) is 8.62. The minimum atomic E-state index is -1.15. The Morgan fingerprint density at radius 1 is 1.41 bits per heavy atom. The number of ether oxygens (including phenoxy) is 1. The lowest BCUT2D eigenvalue weighted by Crippen LogP contribution is -2.35. The van der Waals surface area contributed by atoms with Gasteiger partial charge in [0.15, 0.2) is 0 Å². The minimum absolute atomic E-state index is 0.185. The first kappa shape index (κ1) is 22.5. The first-order valence-electron chi connectivity index (χ1n) is 10.7. The molecule has 2 aliphatic rings. The highest BCUT2D eigenvalue weighted by Crippen LogP contribution is 2.38. The number of allylic oxidation sites excluding steroid dienone is 2. The number of rotatable bonds is 7. The summed E-state index contributed by atoms with van der Waals surface area (Å²) in [5.41, 5.74) is 5.63. The fourth-order valence-electron chi connectivity index (χ4n) is 3.89. The summed E-state index contributed by atoms with van der Waals surface area (Å²) in [5, 5.41) is 14.0. The molecule has 1 atom stereocenters. The van der Waals surface area contributed by atoms with E-state index in [0.29, 0.717) is 26.6 Å². The van der Waals surface area contributed by atoms with Gasteiger partial charge in [-0.2, -0.15) is 0 Å². The number of nitrogens with one attached hydrogen (secondary N) is 1. The molecular formula is C24H28FN3O3S. The number of carbonyl (C=O) groups is 1. The summed E-state index contributed by atoms with van der Waals surface area (Å²) in [4.78, 5) is 14.9. The van der Waals surface area contributed by atoms with Gasteiger partial charge in [-0.05, 0) is 50.5 Å². The van der Waals surface area contributed by atoms with Crippen molar-refractivity contribution in [2.45, 2.75) is 38.4 Å². The summed E-state index contributed by atoms with van der Waals surface area (Å²) in [7, 11) is 0. The van der Waals surface area contributed by atoms with E-state index in [1.54, 1.807) is 32.0 Å². The molecule has 1 unspecified atom stereocenters. The van der Waals surface area contributed by atoms with Crippen molar-refractivity contribution in [1.82, 2.24) is 4.90 Å². The van der Waals surface area contributed by atoms with Gasteiger partial charge in [0, 0.05) is 30.1 Å². The van der Waals surface area contributed by atoms with Gasteiger partial charge >= 0.3 is 0 Å². The Bertz CT molecular complexity index is 1060. The van der Waals surface area contributed by atoms with Crippen LogP contribution in [0, 0.1) is 5.82 Å². The number of hydrogen-bond donors (Lipinski definition) is 3. The van der Waals surface area contributed by atoms with Gasteiger partial charge < -0.3 is 25.8 Å². The van der Waals surface area contributed by atoms with Gasteiger partial charge in [-0.25, -0.2) is 4.39 Å². The molecule has 170 valence electrons. The molecule has 0 radical (unpaired) electrons. The van der Waals surface area contributed by atoms with Crippen LogP contribution in [-0.2, 0) is 10.3 Å². The van der Waals surface area contributed by atoms with Gasteiger partial charge in [0.25, 0.3) is 5.91 Å². The maximum absolute atomic E-state index is 14.9. The zero-order valence-electron chi connectivity index (χ0n) is 18.2. The Kier molecular flexibility index (Phi) is 6.37. The second kappa shape index (κ2) is 9.05. The maximum Gasteiger partial charge on any atom is 0.251 e. The standard InChI is InChI=1S/C24H28FN3O3S/c1-24(2,30)15-8-9-17(19(25)12-15)20-13-18(22(26)29)23(32-20)27-21-7-3-4-10-28(21)14-16-6-5-11-31-16/h3-4,7-9,12-13,16,27,30H,5-6,10-11,14H2,1-2H3,(H2,26,29). The van der Waals surface area contributed by atoms with Gasteiger partial charge in [0.2, 0.25) is 0 Å². The molecule has 2 aromatic rings. The largest absolute Gasteiger partial charge is 0.386 e. The summed E-state index contributed by atoms with van der Waals surface area (Å²) >= 11 is 1.27. The van der Waals surface area contributed by atoms with Gasteiger partial charge in [0.05, 0.1) is 17.3 Å². The molecule has 1 aromatic carbocycles. The van der Waals surface area contributed by atoms with E-state index in [1.165, 1.54) is 17.4 Å². The van der Waals surface area contributed by atoms with Crippen LogP contribution in [0.5, 0.6) is 0 Å². The van der Waals surface area contributed by atoms with E-state index >= 15 is 0 Å². The van der Waals surface area contributed by atoms with Crippen molar-refractivity contribution in [3.63, 3.8) is 0 Å². The molecule has 0 saturated carbocycles. The quantitative estimate of drug-likeness (QED) is 0.580. The zero-order chi connectivity index (χ0) is 22.9. The molecular weight excluding hydrogens is 429 g/mol. The average Bonchev–Trinajstić information content (AvgIpc) is 3.39. The number of aliphatic hydroxyl groups is 1. The lowest BCUT2D eigenvalue weighted by Gasteiger charge is -2.30. The molecule has 0 spiro atoms. The Hall–Kier alpha value is -2.68. The molecule has 3 heterocycles. The number of nitrogens with zero attached hydrogens (tertiary/aromatic N) is 1. The number of primary amides is 1. The van der Waals surface area contributed by atoms with Crippen LogP contribution in [0.4, 0.5) is 9.39 Å². The monoisotopic (exact) mass is 457 g/mol. The average molecular weight is 458 g/mol. The van der Waals surface area contributed by atoms with E-state index in [9.17, 15) is 14.3 Å². The molecule has 1 aromatic heterocycles. The zero-order valence-corrected chi connectivity index (χ0v) is 19.0. The van der Waals surface area contributed by atoms with E-state index in [2.05, 4.69) is 16.3 Å². The molecule has 2 aliphatic heterocycles. The molecule has 1 saturated heterocycles. The van der Waals surface area contributed by atoms with Gasteiger partial charge in [-0.3, -0.25) is 4.79 Å².